The quantitative estimate of drug-likeness (QED) is 0.350. The van der Waals surface area contributed by atoms with Gasteiger partial charge < -0.3 is 9.80 Å². The largest absolute Gasteiger partial charge is 0.370 e. The van der Waals surface area contributed by atoms with Crippen LogP contribution in [-0.2, 0) is 0 Å². The van der Waals surface area contributed by atoms with Gasteiger partial charge in [0.25, 0.3) is 0 Å². The number of hydrogen-bond donors (Lipinski definition) is 3. The Balaban J connectivity index is 1.76. The van der Waals surface area contributed by atoms with Crippen molar-refractivity contribution in [3.63, 3.8) is 0 Å². The Morgan fingerprint density at radius 2 is 2.13 bits per heavy atom. The van der Waals surface area contributed by atoms with E-state index in [-0.39, 0.29) is 5.92 Å². The standard InChI is InChI=1S/C21H21FN8/c1-29(12-24)21(25)13-4-6-30(7-5-13)20-15(9-23)8-17-16(11-27-28-17)19(20)14-2-3-18(22)26-10-14/h2-3,8,10-13,24-25H,4-7H2,1H3,(H,27,28). The second-order valence-electron chi connectivity index (χ2n) is 7.35. The summed E-state index contributed by atoms with van der Waals surface area (Å²) in [6.45, 7) is 1.33. The molecule has 3 heterocycles. The lowest BCUT2D eigenvalue weighted by molar-refractivity contribution is 0.473. The van der Waals surface area contributed by atoms with Gasteiger partial charge in [0.15, 0.2) is 0 Å². The van der Waals surface area contributed by atoms with Crippen LogP contribution in [0.25, 0.3) is 22.0 Å². The van der Waals surface area contributed by atoms with E-state index in [4.69, 9.17) is 10.8 Å². The molecule has 0 bridgehead atoms. The topological polar surface area (TPSA) is 120 Å². The van der Waals surface area contributed by atoms with Gasteiger partial charge in [0, 0.05) is 48.8 Å². The third-order valence-electron chi connectivity index (χ3n) is 5.63. The van der Waals surface area contributed by atoms with Gasteiger partial charge in [-0.2, -0.15) is 14.8 Å². The predicted octanol–water partition coefficient (Wildman–Crippen LogP) is 3.37. The number of nitriles is 1. The Bertz CT molecular complexity index is 1140. The fourth-order valence-corrected chi connectivity index (χ4v) is 4.04. The van der Waals surface area contributed by atoms with Crippen molar-refractivity contribution >= 4 is 28.8 Å². The molecule has 1 aliphatic heterocycles. The molecule has 9 heteroatoms. The van der Waals surface area contributed by atoms with E-state index >= 15 is 0 Å². The molecule has 30 heavy (non-hydrogen) atoms. The molecule has 0 spiro atoms. The van der Waals surface area contributed by atoms with Gasteiger partial charge in [0.2, 0.25) is 5.95 Å². The van der Waals surface area contributed by atoms with Crippen LogP contribution in [0.5, 0.6) is 0 Å². The molecule has 0 aliphatic carbocycles. The van der Waals surface area contributed by atoms with Crippen LogP contribution in [-0.4, -0.2) is 52.4 Å². The third kappa shape index (κ3) is 3.37. The van der Waals surface area contributed by atoms with Gasteiger partial charge in [-0.15, -0.1) is 0 Å². The Kier molecular flexibility index (Phi) is 5.14. The highest BCUT2D eigenvalue weighted by molar-refractivity contribution is 6.03. The van der Waals surface area contributed by atoms with Crippen LogP contribution in [0, 0.1) is 34.0 Å². The maximum Gasteiger partial charge on any atom is 0.212 e. The molecule has 4 rings (SSSR count). The second kappa shape index (κ2) is 7.91. The predicted molar refractivity (Wildman–Crippen MR) is 113 cm³/mol. The molecule has 2 aromatic heterocycles. The second-order valence-corrected chi connectivity index (χ2v) is 7.35. The zero-order valence-electron chi connectivity index (χ0n) is 16.5. The van der Waals surface area contributed by atoms with Crippen molar-refractivity contribution in [1.29, 1.82) is 16.1 Å². The molecule has 1 fully saturated rings. The average molecular weight is 404 g/mol. The molecule has 1 aliphatic rings. The normalized spacial score (nSPS) is 14.5. The van der Waals surface area contributed by atoms with Crippen molar-refractivity contribution < 1.29 is 4.39 Å². The van der Waals surface area contributed by atoms with Gasteiger partial charge in [0.05, 0.1) is 29.3 Å². The summed E-state index contributed by atoms with van der Waals surface area (Å²) in [6, 6.07) is 7.05. The summed E-state index contributed by atoms with van der Waals surface area (Å²) >= 11 is 0. The fourth-order valence-electron chi connectivity index (χ4n) is 4.04. The van der Waals surface area contributed by atoms with Crippen molar-refractivity contribution in [2.45, 2.75) is 12.8 Å². The lowest BCUT2D eigenvalue weighted by Crippen LogP contribution is -2.41. The Morgan fingerprint density at radius 3 is 2.77 bits per heavy atom. The van der Waals surface area contributed by atoms with Crippen molar-refractivity contribution in [3.05, 3.63) is 42.1 Å². The van der Waals surface area contributed by atoms with Crippen LogP contribution in [0.15, 0.2) is 30.6 Å². The SMILES string of the molecule is CN(C=N)C(=N)C1CCN(c2c(C#N)cc3[nH]ncc3c2-c2ccc(F)nc2)CC1. The molecule has 0 radical (unpaired) electrons. The summed E-state index contributed by atoms with van der Waals surface area (Å²) in [5.74, 6) is -0.0693. The van der Waals surface area contributed by atoms with Crippen molar-refractivity contribution in [2.75, 3.05) is 25.0 Å². The summed E-state index contributed by atoms with van der Waals surface area (Å²) < 4.78 is 13.4. The highest BCUT2D eigenvalue weighted by Crippen LogP contribution is 2.41. The number of amidine groups is 1. The monoisotopic (exact) mass is 404 g/mol. The first kappa shape index (κ1) is 19.5. The number of benzene rings is 1. The summed E-state index contributed by atoms with van der Waals surface area (Å²) in [6.07, 6.45) is 5.82. The Hall–Kier alpha value is -3.80. The molecule has 152 valence electrons. The summed E-state index contributed by atoms with van der Waals surface area (Å²) in [7, 11) is 1.71. The van der Waals surface area contributed by atoms with E-state index in [9.17, 15) is 9.65 Å². The van der Waals surface area contributed by atoms with Crippen LogP contribution in [0.4, 0.5) is 10.1 Å². The molecule has 8 nitrogen and oxygen atoms in total. The number of nitrogens with zero attached hydrogens (tertiary/aromatic N) is 5. The van der Waals surface area contributed by atoms with Crippen LogP contribution in [0.2, 0.25) is 0 Å². The summed E-state index contributed by atoms with van der Waals surface area (Å²) in [5.41, 5.74) is 3.55. The number of aromatic amines is 1. The van der Waals surface area contributed by atoms with Gasteiger partial charge in [-0.3, -0.25) is 15.9 Å². The van der Waals surface area contributed by atoms with E-state index in [0.717, 1.165) is 41.3 Å². The number of halogens is 1. The molecule has 3 N–H and O–H groups in total. The molecule has 0 unspecified atom stereocenters. The van der Waals surface area contributed by atoms with E-state index < -0.39 is 5.95 Å². The maximum absolute atomic E-state index is 13.4. The molecule has 3 aromatic rings. The number of anilines is 1. The molecular weight excluding hydrogens is 383 g/mol. The summed E-state index contributed by atoms with van der Waals surface area (Å²) in [4.78, 5) is 7.47. The highest BCUT2D eigenvalue weighted by Gasteiger charge is 2.28. The zero-order valence-corrected chi connectivity index (χ0v) is 16.5. The number of pyridine rings is 1. The molecule has 1 saturated heterocycles. The zero-order chi connectivity index (χ0) is 21.3. The van der Waals surface area contributed by atoms with Crippen molar-refractivity contribution in [2.24, 2.45) is 5.92 Å². The first-order valence-electron chi connectivity index (χ1n) is 9.62. The number of aromatic nitrogens is 3. The number of nitrogens with one attached hydrogen (secondary N) is 3. The fraction of sp³-hybridized carbons (Fsp3) is 0.286. The van der Waals surface area contributed by atoms with Gasteiger partial charge in [-0.1, -0.05) is 0 Å². The number of fused-ring (bicyclic) bond motifs is 1. The van der Waals surface area contributed by atoms with Gasteiger partial charge in [-0.05, 0) is 31.0 Å². The van der Waals surface area contributed by atoms with Crippen LogP contribution in [0.3, 0.4) is 0 Å². The number of hydrogen-bond acceptors (Lipinski definition) is 6. The van der Waals surface area contributed by atoms with Crippen LogP contribution >= 0.6 is 0 Å². The summed E-state index contributed by atoms with van der Waals surface area (Å²) in [5, 5.41) is 33.4. The highest BCUT2D eigenvalue weighted by atomic mass is 19.1. The van der Waals surface area contributed by atoms with E-state index in [1.807, 2.05) is 0 Å². The van der Waals surface area contributed by atoms with Gasteiger partial charge >= 0.3 is 0 Å². The van der Waals surface area contributed by atoms with Crippen LogP contribution < -0.4 is 4.90 Å². The number of piperidine rings is 1. The van der Waals surface area contributed by atoms with E-state index in [1.54, 1.807) is 25.4 Å². The van der Waals surface area contributed by atoms with Crippen LogP contribution in [0.1, 0.15) is 18.4 Å². The molecule has 1 aromatic carbocycles. The maximum atomic E-state index is 13.4. The van der Waals surface area contributed by atoms with E-state index in [2.05, 4.69) is 26.2 Å². The third-order valence-corrected chi connectivity index (χ3v) is 5.63. The minimum absolute atomic E-state index is 0.0620. The molecule has 0 amide bonds. The first-order chi connectivity index (χ1) is 14.5. The molecule has 0 atom stereocenters. The Labute approximate surface area is 173 Å². The lowest BCUT2D eigenvalue weighted by atomic mass is 9.91. The number of H-pyrrole nitrogens is 1. The number of rotatable bonds is 4. The lowest BCUT2D eigenvalue weighted by Gasteiger charge is -2.36. The van der Waals surface area contributed by atoms with Crippen molar-refractivity contribution in [1.82, 2.24) is 20.1 Å². The Morgan fingerprint density at radius 1 is 1.37 bits per heavy atom. The smallest absolute Gasteiger partial charge is 0.212 e. The molecule has 0 saturated carbocycles. The van der Waals surface area contributed by atoms with E-state index in [0.29, 0.717) is 30.1 Å². The van der Waals surface area contributed by atoms with Crippen molar-refractivity contribution in [3.8, 4) is 17.2 Å². The van der Waals surface area contributed by atoms with Gasteiger partial charge in [0.1, 0.15) is 11.9 Å². The average Bonchev–Trinajstić information content (AvgIpc) is 3.26. The minimum Gasteiger partial charge on any atom is -0.370 e. The molecular formula is C21H21FN8. The van der Waals surface area contributed by atoms with E-state index in [1.165, 1.54) is 17.2 Å². The first-order valence-corrected chi connectivity index (χ1v) is 9.62. The van der Waals surface area contributed by atoms with Gasteiger partial charge in [-0.25, -0.2) is 4.98 Å². The minimum atomic E-state index is -0.560.